The fourth-order valence-corrected chi connectivity index (χ4v) is 2.25. The van der Waals surface area contributed by atoms with E-state index in [0.717, 1.165) is 41.7 Å². The Hall–Kier alpha value is -2.11. The van der Waals surface area contributed by atoms with Gasteiger partial charge in [-0.25, -0.2) is 0 Å². The van der Waals surface area contributed by atoms with E-state index in [0.29, 0.717) is 6.04 Å². The predicted octanol–water partition coefficient (Wildman–Crippen LogP) is 1.58. The molecule has 2 N–H and O–H groups in total. The van der Waals surface area contributed by atoms with Crippen LogP contribution in [0.15, 0.2) is 17.1 Å². The lowest BCUT2D eigenvalue weighted by atomic mass is 10.1. The Labute approximate surface area is 131 Å². The average molecular weight is 307 g/mol. The molecule has 1 aromatic carbocycles. The number of ether oxygens (including phenoxy) is 3. The van der Waals surface area contributed by atoms with E-state index in [1.807, 2.05) is 12.1 Å². The van der Waals surface area contributed by atoms with E-state index in [4.69, 9.17) is 14.2 Å². The van der Waals surface area contributed by atoms with E-state index in [9.17, 15) is 0 Å². The number of methoxy groups -OCH3 is 3. The molecule has 6 nitrogen and oxygen atoms in total. The number of nitrogens with one attached hydrogen (secondary N) is 2. The van der Waals surface area contributed by atoms with Gasteiger partial charge in [-0.1, -0.05) is 0 Å². The van der Waals surface area contributed by atoms with Gasteiger partial charge in [-0.05, 0) is 19.3 Å². The highest BCUT2D eigenvalue weighted by Gasteiger charge is 2.22. The molecule has 0 bridgehead atoms. The molecule has 6 heteroatoms. The standard InChI is InChI=1S/C16H25N3O3/c1-17-16(19-11-5-6-11)18-8-7-13-14(21-3)9-12(20-2)10-15(13)22-4/h9-11H,5-8H2,1-4H3,(H2,17,18,19). The van der Waals surface area contributed by atoms with Gasteiger partial charge in [0.2, 0.25) is 0 Å². The van der Waals surface area contributed by atoms with Crippen LogP contribution in [0, 0.1) is 0 Å². The topological polar surface area (TPSA) is 64.1 Å². The van der Waals surface area contributed by atoms with Gasteiger partial charge in [0.1, 0.15) is 17.2 Å². The van der Waals surface area contributed by atoms with Crippen molar-refractivity contribution in [2.75, 3.05) is 34.9 Å². The first kappa shape index (κ1) is 16.3. The zero-order valence-electron chi connectivity index (χ0n) is 13.7. The monoisotopic (exact) mass is 307 g/mol. The second kappa shape index (κ2) is 7.77. The van der Waals surface area contributed by atoms with Crippen LogP contribution >= 0.6 is 0 Å². The van der Waals surface area contributed by atoms with Crippen molar-refractivity contribution in [3.8, 4) is 17.2 Å². The van der Waals surface area contributed by atoms with E-state index in [1.54, 1.807) is 28.4 Å². The molecule has 1 fully saturated rings. The lowest BCUT2D eigenvalue weighted by molar-refractivity contribution is 0.368. The number of guanidine groups is 1. The molecule has 1 aromatic rings. The van der Waals surface area contributed by atoms with Gasteiger partial charge in [0, 0.05) is 37.3 Å². The van der Waals surface area contributed by atoms with Gasteiger partial charge < -0.3 is 24.8 Å². The number of hydrogen-bond acceptors (Lipinski definition) is 4. The molecule has 1 aliphatic carbocycles. The van der Waals surface area contributed by atoms with Crippen molar-refractivity contribution >= 4 is 5.96 Å². The summed E-state index contributed by atoms with van der Waals surface area (Å²) in [6.07, 6.45) is 3.21. The highest BCUT2D eigenvalue weighted by molar-refractivity contribution is 5.80. The number of benzene rings is 1. The molecule has 22 heavy (non-hydrogen) atoms. The first-order chi connectivity index (χ1) is 10.7. The largest absolute Gasteiger partial charge is 0.496 e. The molecule has 1 aliphatic rings. The highest BCUT2D eigenvalue weighted by Crippen LogP contribution is 2.34. The molecule has 0 saturated heterocycles. The molecule has 0 amide bonds. The molecule has 0 atom stereocenters. The van der Waals surface area contributed by atoms with Gasteiger partial charge in [-0.2, -0.15) is 0 Å². The second-order valence-corrected chi connectivity index (χ2v) is 5.18. The Kier molecular flexibility index (Phi) is 5.75. The van der Waals surface area contributed by atoms with E-state index < -0.39 is 0 Å². The molecule has 0 unspecified atom stereocenters. The minimum absolute atomic E-state index is 0.580. The average Bonchev–Trinajstić information content (AvgIpc) is 3.37. The van der Waals surface area contributed by atoms with Crippen LogP contribution < -0.4 is 24.8 Å². The van der Waals surface area contributed by atoms with Crippen LogP contribution in [0.3, 0.4) is 0 Å². The predicted molar refractivity (Wildman–Crippen MR) is 87.3 cm³/mol. The maximum atomic E-state index is 5.46. The summed E-state index contributed by atoms with van der Waals surface area (Å²) in [7, 11) is 6.71. The summed E-state index contributed by atoms with van der Waals surface area (Å²) >= 11 is 0. The SMILES string of the molecule is CN=C(NCCc1c(OC)cc(OC)cc1OC)NC1CC1. The van der Waals surface area contributed by atoms with E-state index in [-0.39, 0.29) is 0 Å². The molecule has 2 rings (SSSR count). The minimum atomic E-state index is 0.580. The summed E-state index contributed by atoms with van der Waals surface area (Å²) in [4.78, 5) is 4.22. The number of rotatable bonds is 7. The van der Waals surface area contributed by atoms with Crippen molar-refractivity contribution in [3.05, 3.63) is 17.7 Å². The van der Waals surface area contributed by atoms with Crippen molar-refractivity contribution in [2.24, 2.45) is 4.99 Å². The van der Waals surface area contributed by atoms with E-state index >= 15 is 0 Å². The van der Waals surface area contributed by atoms with Crippen LogP contribution in [0.4, 0.5) is 0 Å². The number of hydrogen-bond donors (Lipinski definition) is 2. The third kappa shape index (κ3) is 4.19. The van der Waals surface area contributed by atoms with Crippen molar-refractivity contribution in [1.29, 1.82) is 0 Å². The van der Waals surface area contributed by atoms with Crippen LogP contribution in [-0.2, 0) is 6.42 Å². The second-order valence-electron chi connectivity index (χ2n) is 5.18. The normalized spacial score (nSPS) is 14.5. The summed E-state index contributed by atoms with van der Waals surface area (Å²) in [6.45, 7) is 0.742. The Balaban J connectivity index is 2.01. The Morgan fingerprint density at radius 2 is 1.77 bits per heavy atom. The molecular weight excluding hydrogens is 282 g/mol. The third-order valence-corrected chi connectivity index (χ3v) is 3.63. The van der Waals surface area contributed by atoms with Crippen LogP contribution in [0.1, 0.15) is 18.4 Å². The Morgan fingerprint density at radius 1 is 1.14 bits per heavy atom. The Bertz CT molecular complexity index is 502. The molecule has 122 valence electrons. The Morgan fingerprint density at radius 3 is 2.23 bits per heavy atom. The van der Waals surface area contributed by atoms with Gasteiger partial charge in [0.05, 0.1) is 21.3 Å². The summed E-state index contributed by atoms with van der Waals surface area (Å²) in [6, 6.07) is 4.32. The molecule has 0 heterocycles. The first-order valence-electron chi connectivity index (χ1n) is 7.47. The van der Waals surface area contributed by atoms with Crippen LogP contribution in [0.2, 0.25) is 0 Å². The maximum absolute atomic E-state index is 5.46. The maximum Gasteiger partial charge on any atom is 0.191 e. The first-order valence-corrected chi connectivity index (χ1v) is 7.47. The van der Waals surface area contributed by atoms with Gasteiger partial charge in [0.25, 0.3) is 0 Å². The van der Waals surface area contributed by atoms with Gasteiger partial charge in [0.15, 0.2) is 5.96 Å². The van der Waals surface area contributed by atoms with Crippen LogP contribution in [0.25, 0.3) is 0 Å². The summed E-state index contributed by atoms with van der Waals surface area (Å²) in [5, 5.41) is 6.68. The fraction of sp³-hybridized carbons (Fsp3) is 0.562. The third-order valence-electron chi connectivity index (χ3n) is 3.63. The summed E-state index contributed by atoms with van der Waals surface area (Å²) in [5.41, 5.74) is 1.01. The molecule has 0 radical (unpaired) electrons. The minimum Gasteiger partial charge on any atom is -0.496 e. The zero-order chi connectivity index (χ0) is 15.9. The van der Waals surface area contributed by atoms with Crippen molar-refractivity contribution in [2.45, 2.75) is 25.3 Å². The summed E-state index contributed by atoms with van der Waals surface area (Å²) in [5.74, 6) is 3.09. The lowest BCUT2D eigenvalue weighted by Crippen LogP contribution is -2.39. The highest BCUT2D eigenvalue weighted by atomic mass is 16.5. The van der Waals surface area contributed by atoms with Gasteiger partial charge >= 0.3 is 0 Å². The van der Waals surface area contributed by atoms with E-state index in [1.165, 1.54) is 12.8 Å². The molecule has 0 aliphatic heterocycles. The van der Waals surface area contributed by atoms with Crippen LogP contribution in [-0.4, -0.2) is 46.9 Å². The lowest BCUT2D eigenvalue weighted by Gasteiger charge is -2.16. The van der Waals surface area contributed by atoms with Crippen molar-refractivity contribution in [3.63, 3.8) is 0 Å². The fourth-order valence-electron chi connectivity index (χ4n) is 2.25. The zero-order valence-corrected chi connectivity index (χ0v) is 13.7. The molecule has 1 saturated carbocycles. The van der Waals surface area contributed by atoms with Crippen molar-refractivity contribution < 1.29 is 14.2 Å². The van der Waals surface area contributed by atoms with Crippen molar-refractivity contribution in [1.82, 2.24) is 10.6 Å². The quantitative estimate of drug-likeness (QED) is 0.591. The number of nitrogens with zero attached hydrogens (tertiary/aromatic N) is 1. The van der Waals surface area contributed by atoms with Gasteiger partial charge in [-0.15, -0.1) is 0 Å². The smallest absolute Gasteiger partial charge is 0.191 e. The van der Waals surface area contributed by atoms with Crippen LogP contribution in [0.5, 0.6) is 17.2 Å². The summed E-state index contributed by atoms with van der Waals surface area (Å²) < 4.78 is 16.2. The van der Waals surface area contributed by atoms with Gasteiger partial charge in [-0.3, -0.25) is 4.99 Å². The molecular formula is C16H25N3O3. The molecule has 0 spiro atoms. The van der Waals surface area contributed by atoms with E-state index in [2.05, 4.69) is 15.6 Å². The number of aliphatic imine (C=N–C) groups is 1. The molecule has 0 aromatic heterocycles.